The number of esters is 1. The molecule has 2 unspecified atom stereocenters. The van der Waals surface area contributed by atoms with E-state index in [4.69, 9.17) is 29.5 Å². The molecule has 1 saturated heterocycles. The number of hydrogen-bond donors (Lipinski definition) is 0. The second-order valence-electron chi connectivity index (χ2n) is 11.2. The van der Waals surface area contributed by atoms with Gasteiger partial charge in [0.1, 0.15) is 17.0 Å². The van der Waals surface area contributed by atoms with Gasteiger partial charge in [0.2, 0.25) is 0 Å². The molecule has 1 rings (SSSR count). The summed E-state index contributed by atoms with van der Waals surface area (Å²) < 4.78 is 32.9. The molecule has 0 saturated carbocycles. The number of alkyl halides is 1. The molecule has 0 aromatic heterocycles. The lowest BCUT2D eigenvalue weighted by molar-refractivity contribution is -0.319. The number of carbonyl (C=O) groups excluding carboxylic acids is 1. The monoisotopic (exact) mass is 648 g/mol. The van der Waals surface area contributed by atoms with Crippen molar-refractivity contribution in [2.45, 2.75) is 159 Å². The molecule has 0 spiro atoms. The molecule has 0 amide bonds. The van der Waals surface area contributed by atoms with Crippen LogP contribution in [-0.4, -0.2) is 64.7 Å². The van der Waals surface area contributed by atoms with Crippen LogP contribution in [0.2, 0.25) is 36.3 Å². The third kappa shape index (κ3) is 8.42. The Balaban J connectivity index is 3.83. The predicted octanol–water partition coefficient (Wildman–Crippen LogP) is 8.20. The highest BCUT2D eigenvalue weighted by Crippen LogP contribution is 2.49. The minimum Gasteiger partial charge on any atom is -0.465 e. The second kappa shape index (κ2) is 17.0. The van der Waals surface area contributed by atoms with Crippen LogP contribution in [0.15, 0.2) is 0 Å². The summed E-state index contributed by atoms with van der Waals surface area (Å²) in [5.74, 6) is 0.183. The molecule has 228 valence electrons. The zero-order valence-corrected chi connectivity index (χ0v) is 29.9. The van der Waals surface area contributed by atoms with Crippen LogP contribution in [0.3, 0.4) is 0 Å². The van der Waals surface area contributed by atoms with Crippen LogP contribution in [0.5, 0.6) is 0 Å². The van der Waals surface area contributed by atoms with Gasteiger partial charge < -0.3 is 23.1 Å². The smallest absolute Gasteiger partial charge is 0.368 e. The molecule has 9 heteroatoms. The summed E-state index contributed by atoms with van der Waals surface area (Å²) in [6.07, 6.45) is 11.1. The van der Waals surface area contributed by atoms with Gasteiger partial charge in [0.05, 0.1) is 19.3 Å². The Bertz CT molecular complexity index is 753. The number of terminal acetylenes is 1. The van der Waals surface area contributed by atoms with Gasteiger partial charge in [-0.25, -0.2) is 4.79 Å². The molecule has 39 heavy (non-hydrogen) atoms. The quantitative estimate of drug-likeness (QED) is 0.0462. The molecule has 1 aliphatic heterocycles. The molecule has 0 aromatic carbocycles. The zero-order valence-electron chi connectivity index (χ0n) is 26.3. The Kier molecular flexibility index (Phi) is 16.1. The molecule has 6 nitrogen and oxygen atoms in total. The molecule has 0 bridgehead atoms. The predicted molar refractivity (Wildman–Crippen MR) is 169 cm³/mol. The van der Waals surface area contributed by atoms with E-state index in [1.54, 1.807) is 0 Å². The Morgan fingerprint density at radius 3 is 1.92 bits per heavy atom. The van der Waals surface area contributed by atoms with Crippen LogP contribution < -0.4 is 0 Å². The number of hydrogen-bond acceptors (Lipinski definition) is 6. The van der Waals surface area contributed by atoms with Gasteiger partial charge in [-0.2, -0.15) is 0 Å². The highest BCUT2D eigenvalue weighted by atomic mass is 79.9. The van der Waals surface area contributed by atoms with Crippen LogP contribution >= 0.6 is 15.9 Å². The summed E-state index contributed by atoms with van der Waals surface area (Å²) in [5, 5.41) is 0. The van der Waals surface area contributed by atoms with Crippen LogP contribution in [0, 0.1) is 12.3 Å². The number of methoxy groups -OCH3 is 1. The van der Waals surface area contributed by atoms with Crippen LogP contribution in [0.4, 0.5) is 0 Å². The Labute approximate surface area is 250 Å². The minimum atomic E-state index is -2.16. The first-order chi connectivity index (χ1) is 18.5. The molecule has 0 N–H and O–H groups in total. The van der Waals surface area contributed by atoms with Crippen molar-refractivity contribution in [1.29, 1.82) is 0 Å². The first-order valence-corrected chi connectivity index (χ1v) is 21.4. The summed E-state index contributed by atoms with van der Waals surface area (Å²) >= 11 is 3.88. The van der Waals surface area contributed by atoms with Crippen molar-refractivity contribution in [2.24, 2.45) is 0 Å². The van der Waals surface area contributed by atoms with Gasteiger partial charge in [0, 0.05) is 0 Å². The van der Waals surface area contributed by atoms with Gasteiger partial charge in [-0.1, -0.05) is 102 Å². The summed E-state index contributed by atoms with van der Waals surface area (Å²) in [6.45, 7) is 17.7. The van der Waals surface area contributed by atoms with E-state index in [0.29, 0.717) is 0 Å². The van der Waals surface area contributed by atoms with E-state index < -0.39 is 51.0 Å². The summed E-state index contributed by atoms with van der Waals surface area (Å²) in [6, 6.07) is 5.94. The first kappa shape index (κ1) is 36.8. The second-order valence-corrected chi connectivity index (χ2v) is 21.6. The molecule has 1 aliphatic rings. The zero-order chi connectivity index (χ0) is 29.7. The van der Waals surface area contributed by atoms with Crippen LogP contribution in [-0.2, 0) is 27.9 Å². The largest absolute Gasteiger partial charge is 0.465 e. The van der Waals surface area contributed by atoms with Gasteiger partial charge in [0.25, 0.3) is 5.79 Å². The average molecular weight is 650 g/mol. The normalized spacial score (nSPS) is 27.8. The number of rotatable bonds is 19. The van der Waals surface area contributed by atoms with Crippen molar-refractivity contribution < 1.29 is 27.9 Å². The Morgan fingerprint density at radius 1 is 0.923 bits per heavy atom. The van der Waals surface area contributed by atoms with Crippen molar-refractivity contribution in [3.8, 4) is 12.3 Å². The average Bonchev–Trinajstić information content (AvgIpc) is 2.96. The number of halogens is 1. The third-order valence-corrected chi connectivity index (χ3v) is 19.7. The number of carbonyl (C=O) groups is 1. The Hall–Kier alpha value is -0.216. The molecule has 1 heterocycles. The van der Waals surface area contributed by atoms with Gasteiger partial charge in [-0.05, 0) is 49.6 Å². The third-order valence-electron chi connectivity index (χ3n) is 9.24. The summed E-state index contributed by atoms with van der Waals surface area (Å²) in [4.78, 5) is 12.8. The van der Waals surface area contributed by atoms with Crippen molar-refractivity contribution in [3.05, 3.63) is 0 Å². The maximum Gasteiger partial charge on any atom is 0.368 e. The fraction of sp³-hybridized carbons (Fsp3) is 0.900. The Morgan fingerprint density at radius 2 is 1.46 bits per heavy atom. The van der Waals surface area contributed by atoms with Gasteiger partial charge >= 0.3 is 5.97 Å². The number of unbranched alkanes of at least 4 members (excludes halogenated alkanes) is 4. The molecule has 0 aliphatic carbocycles. The highest BCUT2D eigenvalue weighted by molar-refractivity contribution is 9.09. The fourth-order valence-corrected chi connectivity index (χ4v) is 13.3. The molecule has 5 atom stereocenters. The number of ether oxygens (including phenoxy) is 3. The standard InChI is InChI=1S/C30H57BrO6Si2/c1-11-19-20-21-22-23-25-29(9,37-39(16-6,17-7)18-8)27(36-38(13-3,14-4)15-5)26(31)30(35-25,28(32)33-10)34-24-12-2/h2,25-27H,11,13-24H2,1,3-10H3/t25-,26?,27-,29-,30?/m1/s1. The maximum absolute atomic E-state index is 13.5. The lowest BCUT2D eigenvalue weighted by Gasteiger charge is -2.58. The summed E-state index contributed by atoms with van der Waals surface area (Å²) in [7, 11) is -2.92. The van der Waals surface area contributed by atoms with E-state index >= 15 is 0 Å². The lowest BCUT2D eigenvalue weighted by atomic mass is 9.82. The van der Waals surface area contributed by atoms with E-state index in [1.165, 1.54) is 26.4 Å². The van der Waals surface area contributed by atoms with E-state index in [1.807, 2.05) is 0 Å². The minimum absolute atomic E-state index is 0.0832. The topological polar surface area (TPSA) is 63.2 Å². The first-order valence-electron chi connectivity index (χ1n) is 15.4. The molecule has 0 aromatic rings. The molecule has 1 fully saturated rings. The van der Waals surface area contributed by atoms with E-state index in [0.717, 1.165) is 55.5 Å². The van der Waals surface area contributed by atoms with E-state index in [9.17, 15) is 4.79 Å². The van der Waals surface area contributed by atoms with E-state index in [-0.39, 0.29) is 6.61 Å². The summed E-state index contributed by atoms with van der Waals surface area (Å²) in [5.41, 5.74) is -0.776. The van der Waals surface area contributed by atoms with Gasteiger partial charge in [-0.15, -0.1) is 6.42 Å². The fourth-order valence-electron chi connectivity index (χ4n) is 5.97. The van der Waals surface area contributed by atoms with Crippen molar-refractivity contribution in [1.82, 2.24) is 0 Å². The molecular weight excluding hydrogens is 592 g/mol. The van der Waals surface area contributed by atoms with Gasteiger partial charge in [0.15, 0.2) is 16.6 Å². The molecule has 0 radical (unpaired) electrons. The molecular formula is C30H57BrO6Si2. The van der Waals surface area contributed by atoms with Crippen molar-refractivity contribution in [3.63, 3.8) is 0 Å². The maximum atomic E-state index is 13.5. The van der Waals surface area contributed by atoms with Gasteiger partial charge in [-0.3, -0.25) is 0 Å². The van der Waals surface area contributed by atoms with E-state index in [2.05, 4.69) is 77.2 Å². The lowest BCUT2D eigenvalue weighted by Crippen LogP contribution is -2.75. The highest BCUT2D eigenvalue weighted by Gasteiger charge is 2.67. The SMILES string of the molecule is C#CCOC1(C(=O)OC)O[C@H](CCCCCCC)[C@@](C)(O[Si](CC)(CC)CC)[C@H](O[Si](CC)(CC)CC)C1Br. The van der Waals surface area contributed by atoms with Crippen LogP contribution in [0.25, 0.3) is 0 Å². The van der Waals surface area contributed by atoms with Crippen LogP contribution in [0.1, 0.15) is 93.9 Å². The van der Waals surface area contributed by atoms with Crippen molar-refractivity contribution in [2.75, 3.05) is 13.7 Å². The van der Waals surface area contributed by atoms with Crippen molar-refractivity contribution >= 4 is 38.5 Å².